The Morgan fingerprint density at radius 1 is 1.04 bits per heavy atom. The summed E-state index contributed by atoms with van der Waals surface area (Å²) in [6.07, 6.45) is 8.44. The SMILES string of the molecule is CC(=O)O[C@H]1CC[C@@H]2[C@H]3CC[C@H]4OC(=O)CC[C@]4(C)[C@@H]3CC[C@]12C. The van der Waals surface area contributed by atoms with Gasteiger partial charge < -0.3 is 9.47 Å². The van der Waals surface area contributed by atoms with E-state index in [2.05, 4.69) is 13.8 Å². The zero-order valence-corrected chi connectivity index (χ0v) is 15.2. The van der Waals surface area contributed by atoms with Gasteiger partial charge in [0.05, 0.1) is 0 Å². The third-order valence-corrected chi connectivity index (χ3v) is 8.14. The predicted molar refractivity (Wildman–Crippen MR) is 89.1 cm³/mol. The molecule has 7 atom stereocenters. The van der Waals surface area contributed by atoms with Crippen molar-refractivity contribution in [3.63, 3.8) is 0 Å². The van der Waals surface area contributed by atoms with Crippen LogP contribution >= 0.6 is 0 Å². The van der Waals surface area contributed by atoms with Crippen molar-refractivity contribution in [2.45, 2.75) is 84.3 Å². The number of hydrogen-bond acceptors (Lipinski definition) is 4. The molecule has 0 radical (unpaired) electrons. The molecule has 0 aromatic carbocycles. The van der Waals surface area contributed by atoms with Gasteiger partial charge in [-0.2, -0.15) is 0 Å². The number of carbonyl (C=O) groups is 2. The molecule has 1 saturated heterocycles. The van der Waals surface area contributed by atoms with Crippen LogP contribution in [0.1, 0.15) is 72.1 Å². The van der Waals surface area contributed by atoms with E-state index >= 15 is 0 Å². The summed E-state index contributed by atoms with van der Waals surface area (Å²) in [6, 6.07) is 0. The molecule has 0 spiro atoms. The van der Waals surface area contributed by atoms with Crippen LogP contribution < -0.4 is 0 Å². The number of carbonyl (C=O) groups excluding carboxylic acids is 2. The van der Waals surface area contributed by atoms with E-state index in [1.807, 2.05) is 0 Å². The fourth-order valence-corrected chi connectivity index (χ4v) is 6.90. The Kier molecular flexibility index (Phi) is 3.74. The average molecular weight is 334 g/mol. The Bertz CT molecular complexity index is 558. The minimum atomic E-state index is -0.140. The summed E-state index contributed by atoms with van der Waals surface area (Å²) >= 11 is 0. The molecule has 3 saturated carbocycles. The van der Waals surface area contributed by atoms with Crippen LogP contribution in [0.3, 0.4) is 0 Å². The molecule has 4 aliphatic rings. The quantitative estimate of drug-likeness (QED) is 0.683. The van der Waals surface area contributed by atoms with E-state index in [9.17, 15) is 9.59 Å². The maximum Gasteiger partial charge on any atom is 0.306 e. The Morgan fingerprint density at radius 2 is 1.79 bits per heavy atom. The smallest absolute Gasteiger partial charge is 0.306 e. The molecule has 0 amide bonds. The van der Waals surface area contributed by atoms with Crippen molar-refractivity contribution in [2.75, 3.05) is 0 Å². The van der Waals surface area contributed by atoms with Gasteiger partial charge in [-0.3, -0.25) is 9.59 Å². The number of esters is 2. The molecule has 0 aromatic heterocycles. The molecule has 24 heavy (non-hydrogen) atoms. The lowest BCUT2D eigenvalue weighted by molar-refractivity contribution is -0.194. The Labute approximate surface area is 144 Å². The van der Waals surface area contributed by atoms with Crippen molar-refractivity contribution in [3.8, 4) is 0 Å². The van der Waals surface area contributed by atoms with Crippen molar-refractivity contribution < 1.29 is 19.1 Å². The van der Waals surface area contributed by atoms with E-state index in [-0.39, 0.29) is 35.0 Å². The maximum atomic E-state index is 11.7. The van der Waals surface area contributed by atoms with Crippen LogP contribution in [0, 0.1) is 28.6 Å². The Hall–Kier alpha value is -1.06. The Morgan fingerprint density at radius 3 is 2.54 bits per heavy atom. The van der Waals surface area contributed by atoms with Gasteiger partial charge in [0.25, 0.3) is 0 Å². The van der Waals surface area contributed by atoms with Crippen LogP contribution in [0.15, 0.2) is 0 Å². The molecule has 0 bridgehead atoms. The molecule has 1 heterocycles. The molecule has 1 aliphatic heterocycles. The van der Waals surface area contributed by atoms with Gasteiger partial charge in [0, 0.05) is 24.2 Å². The van der Waals surface area contributed by atoms with E-state index in [4.69, 9.17) is 9.47 Å². The second-order valence-corrected chi connectivity index (χ2v) is 9.16. The van der Waals surface area contributed by atoms with Gasteiger partial charge in [0.1, 0.15) is 12.2 Å². The summed E-state index contributed by atoms with van der Waals surface area (Å²) in [5.74, 6) is 1.85. The van der Waals surface area contributed by atoms with Crippen LogP contribution in [0.5, 0.6) is 0 Å². The first kappa shape index (κ1) is 16.4. The molecule has 4 heteroatoms. The monoisotopic (exact) mass is 334 g/mol. The summed E-state index contributed by atoms with van der Waals surface area (Å²) in [7, 11) is 0. The second kappa shape index (κ2) is 5.47. The molecule has 0 unspecified atom stereocenters. The number of rotatable bonds is 1. The molecule has 4 rings (SSSR count). The zero-order chi connectivity index (χ0) is 17.1. The van der Waals surface area contributed by atoms with E-state index < -0.39 is 0 Å². The highest BCUT2D eigenvalue weighted by molar-refractivity contribution is 5.70. The van der Waals surface area contributed by atoms with Gasteiger partial charge in [0.15, 0.2) is 0 Å². The summed E-state index contributed by atoms with van der Waals surface area (Å²) in [5.41, 5.74) is 0.291. The highest BCUT2D eigenvalue weighted by Gasteiger charge is 2.61. The van der Waals surface area contributed by atoms with Crippen molar-refractivity contribution in [2.24, 2.45) is 28.6 Å². The lowest BCUT2D eigenvalue weighted by Crippen LogP contribution is -2.57. The van der Waals surface area contributed by atoms with Gasteiger partial charge in [-0.05, 0) is 62.7 Å². The minimum absolute atomic E-state index is 0.00707. The molecule has 3 aliphatic carbocycles. The van der Waals surface area contributed by atoms with E-state index in [1.165, 1.54) is 19.8 Å². The fourth-order valence-electron chi connectivity index (χ4n) is 6.90. The lowest BCUT2D eigenvalue weighted by Gasteiger charge is -2.59. The van der Waals surface area contributed by atoms with Gasteiger partial charge in [-0.15, -0.1) is 0 Å². The minimum Gasteiger partial charge on any atom is -0.462 e. The Balaban J connectivity index is 1.58. The van der Waals surface area contributed by atoms with Gasteiger partial charge >= 0.3 is 11.9 Å². The zero-order valence-electron chi connectivity index (χ0n) is 15.2. The predicted octanol–water partition coefficient (Wildman–Crippen LogP) is 3.87. The first-order valence-electron chi connectivity index (χ1n) is 9.71. The van der Waals surface area contributed by atoms with Gasteiger partial charge in [0.2, 0.25) is 0 Å². The first-order valence-corrected chi connectivity index (χ1v) is 9.71. The van der Waals surface area contributed by atoms with Crippen molar-refractivity contribution >= 4 is 11.9 Å². The standard InChI is InChI=1S/C20H30O4/c1-12(21)23-16-7-5-14-13-4-6-17-20(3,11-9-18(22)24-17)15(13)8-10-19(14,16)2/h13-17H,4-11H2,1-3H3/t13-,14-,15-,16+,17-,19+,20-/m1/s1. The van der Waals surface area contributed by atoms with Crippen molar-refractivity contribution in [1.29, 1.82) is 0 Å². The summed E-state index contributed by atoms with van der Waals surface area (Å²) in [6.45, 7) is 6.25. The molecular formula is C20H30O4. The maximum absolute atomic E-state index is 11.7. The van der Waals surface area contributed by atoms with E-state index in [0.717, 1.165) is 32.1 Å². The second-order valence-electron chi connectivity index (χ2n) is 9.16. The summed E-state index contributed by atoms with van der Waals surface area (Å²) in [5, 5.41) is 0. The molecule has 4 nitrogen and oxygen atoms in total. The summed E-state index contributed by atoms with van der Waals surface area (Å²) in [4.78, 5) is 23.2. The lowest BCUT2D eigenvalue weighted by atomic mass is 9.48. The highest BCUT2D eigenvalue weighted by Crippen LogP contribution is 2.64. The van der Waals surface area contributed by atoms with Crippen LogP contribution in [-0.2, 0) is 19.1 Å². The van der Waals surface area contributed by atoms with Crippen molar-refractivity contribution in [1.82, 2.24) is 0 Å². The fraction of sp³-hybridized carbons (Fsp3) is 0.900. The molecular weight excluding hydrogens is 304 g/mol. The number of ether oxygens (including phenoxy) is 2. The number of fused-ring (bicyclic) bond motifs is 5. The third kappa shape index (κ3) is 2.24. The largest absolute Gasteiger partial charge is 0.462 e. The van der Waals surface area contributed by atoms with Gasteiger partial charge in [-0.1, -0.05) is 13.8 Å². The molecule has 134 valence electrons. The van der Waals surface area contributed by atoms with Crippen LogP contribution in [0.4, 0.5) is 0 Å². The molecule has 0 N–H and O–H groups in total. The van der Waals surface area contributed by atoms with Crippen molar-refractivity contribution in [3.05, 3.63) is 0 Å². The van der Waals surface area contributed by atoms with E-state index in [0.29, 0.717) is 24.2 Å². The third-order valence-electron chi connectivity index (χ3n) is 8.14. The molecule has 0 aromatic rings. The summed E-state index contributed by atoms with van der Waals surface area (Å²) < 4.78 is 11.4. The highest BCUT2D eigenvalue weighted by atomic mass is 16.5. The van der Waals surface area contributed by atoms with Gasteiger partial charge in [-0.25, -0.2) is 0 Å². The van der Waals surface area contributed by atoms with E-state index in [1.54, 1.807) is 0 Å². The first-order chi connectivity index (χ1) is 11.3. The normalized spacial score (nSPS) is 50.3. The van der Waals surface area contributed by atoms with Crippen LogP contribution in [-0.4, -0.2) is 24.1 Å². The van der Waals surface area contributed by atoms with Crippen LogP contribution in [0.2, 0.25) is 0 Å². The number of hydrogen-bond donors (Lipinski definition) is 0. The average Bonchev–Trinajstić information content (AvgIpc) is 2.84. The topological polar surface area (TPSA) is 52.6 Å². The molecule has 4 fully saturated rings. The van der Waals surface area contributed by atoms with Crippen LogP contribution in [0.25, 0.3) is 0 Å².